The maximum absolute atomic E-state index is 12.0. The number of nitrogens with zero attached hydrogens (tertiary/aromatic N) is 1. The standard InChI is InChI=1S/C15H18N2O3S/c1-12-2-3-15(8-16-12)9-17-21(19,20)11-14-6-4-13(10-18)5-7-14/h2-8,17-18H,9-11H2,1H3. The fourth-order valence-corrected chi connectivity index (χ4v) is 2.93. The van der Waals surface area contributed by atoms with Crippen LogP contribution < -0.4 is 4.72 Å². The van der Waals surface area contributed by atoms with Crippen LogP contribution in [-0.2, 0) is 28.9 Å². The molecule has 2 rings (SSSR count). The second-order valence-electron chi connectivity index (χ2n) is 4.86. The molecule has 0 aliphatic heterocycles. The van der Waals surface area contributed by atoms with E-state index in [1.807, 2.05) is 19.1 Å². The third-order valence-electron chi connectivity index (χ3n) is 3.03. The minimum Gasteiger partial charge on any atom is -0.392 e. The highest BCUT2D eigenvalue weighted by molar-refractivity contribution is 7.88. The van der Waals surface area contributed by atoms with Gasteiger partial charge in [-0.25, -0.2) is 13.1 Å². The number of hydrogen-bond acceptors (Lipinski definition) is 4. The van der Waals surface area contributed by atoms with Gasteiger partial charge in [0.2, 0.25) is 10.0 Å². The summed E-state index contributed by atoms with van der Waals surface area (Å²) in [5.41, 5.74) is 3.15. The van der Waals surface area contributed by atoms with Crippen molar-refractivity contribution in [1.29, 1.82) is 0 Å². The molecule has 1 aromatic heterocycles. The SMILES string of the molecule is Cc1ccc(CNS(=O)(=O)Cc2ccc(CO)cc2)cn1. The summed E-state index contributed by atoms with van der Waals surface area (Å²) in [5.74, 6) is -0.0853. The highest BCUT2D eigenvalue weighted by Crippen LogP contribution is 2.08. The van der Waals surface area contributed by atoms with Gasteiger partial charge < -0.3 is 5.11 Å². The molecule has 21 heavy (non-hydrogen) atoms. The molecule has 0 saturated carbocycles. The lowest BCUT2D eigenvalue weighted by Gasteiger charge is -2.07. The van der Waals surface area contributed by atoms with Crippen LogP contribution in [-0.4, -0.2) is 18.5 Å². The van der Waals surface area contributed by atoms with Gasteiger partial charge in [-0.2, -0.15) is 0 Å². The number of sulfonamides is 1. The zero-order valence-electron chi connectivity index (χ0n) is 11.8. The first kappa shape index (κ1) is 15.6. The molecule has 2 aromatic rings. The Morgan fingerprint density at radius 3 is 2.24 bits per heavy atom. The van der Waals surface area contributed by atoms with Gasteiger partial charge in [0.05, 0.1) is 12.4 Å². The molecule has 6 heteroatoms. The van der Waals surface area contributed by atoms with E-state index in [0.717, 1.165) is 16.8 Å². The Morgan fingerprint density at radius 1 is 1.05 bits per heavy atom. The number of rotatable bonds is 6. The van der Waals surface area contributed by atoms with Crippen molar-refractivity contribution < 1.29 is 13.5 Å². The van der Waals surface area contributed by atoms with Crippen molar-refractivity contribution in [2.75, 3.05) is 0 Å². The number of aromatic nitrogens is 1. The van der Waals surface area contributed by atoms with Crippen LogP contribution in [0.25, 0.3) is 0 Å². The van der Waals surface area contributed by atoms with Crippen LogP contribution in [0.2, 0.25) is 0 Å². The summed E-state index contributed by atoms with van der Waals surface area (Å²) in [5, 5.41) is 8.95. The molecule has 0 saturated heterocycles. The Morgan fingerprint density at radius 2 is 1.67 bits per heavy atom. The largest absolute Gasteiger partial charge is 0.392 e. The van der Waals surface area contributed by atoms with Gasteiger partial charge in [0.15, 0.2) is 0 Å². The molecular formula is C15H18N2O3S. The zero-order chi connectivity index (χ0) is 15.3. The number of hydrogen-bond donors (Lipinski definition) is 2. The highest BCUT2D eigenvalue weighted by Gasteiger charge is 2.11. The van der Waals surface area contributed by atoms with E-state index in [-0.39, 0.29) is 18.9 Å². The van der Waals surface area contributed by atoms with Gasteiger partial charge in [0.25, 0.3) is 0 Å². The third kappa shape index (κ3) is 4.93. The summed E-state index contributed by atoms with van der Waals surface area (Å²) in [4.78, 5) is 4.12. The van der Waals surface area contributed by atoms with Crippen molar-refractivity contribution in [2.45, 2.75) is 25.8 Å². The molecule has 1 heterocycles. The lowest BCUT2D eigenvalue weighted by atomic mass is 10.2. The first-order valence-corrected chi connectivity index (χ1v) is 8.21. The Bertz CT molecular complexity index is 680. The van der Waals surface area contributed by atoms with Gasteiger partial charge in [-0.05, 0) is 29.7 Å². The van der Waals surface area contributed by atoms with Crippen molar-refractivity contribution in [2.24, 2.45) is 0 Å². The molecule has 0 spiro atoms. The lowest BCUT2D eigenvalue weighted by Crippen LogP contribution is -2.24. The van der Waals surface area contributed by atoms with Gasteiger partial charge >= 0.3 is 0 Å². The van der Waals surface area contributed by atoms with E-state index >= 15 is 0 Å². The third-order valence-corrected chi connectivity index (χ3v) is 4.33. The molecule has 0 unspecified atom stereocenters. The average Bonchev–Trinajstić information content (AvgIpc) is 2.47. The normalized spacial score (nSPS) is 11.5. The molecule has 0 amide bonds. The highest BCUT2D eigenvalue weighted by atomic mass is 32.2. The van der Waals surface area contributed by atoms with E-state index in [2.05, 4.69) is 9.71 Å². The number of benzene rings is 1. The van der Waals surface area contributed by atoms with Crippen molar-refractivity contribution in [3.8, 4) is 0 Å². The van der Waals surface area contributed by atoms with Gasteiger partial charge in [-0.1, -0.05) is 30.3 Å². The second-order valence-corrected chi connectivity index (χ2v) is 6.67. The molecule has 0 fully saturated rings. The van der Waals surface area contributed by atoms with Gasteiger partial charge in [0, 0.05) is 18.4 Å². The van der Waals surface area contributed by atoms with Crippen LogP contribution >= 0.6 is 0 Å². The van der Waals surface area contributed by atoms with Gasteiger partial charge in [0.1, 0.15) is 0 Å². The van der Waals surface area contributed by atoms with Crippen LogP contribution in [0.15, 0.2) is 42.6 Å². The number of nitrogens with one attached hydrogen (secondary N) is 1. The van der Waals surface area contributed by atoms with E-state index in [0.29, 0.717) is 5.56 Å². The van der Waals surface area contributed by atoms with Crippen LogP contribution in [0.3, 0.4) is 0 Å². The quantitative estimate of drug-likeness (QED) is 0.847. The van der Waals surface area contributed by atoms with E-state index in [1.54, 1.807) is 30.5 Å². The van der Waals surface area contributed by atoms with E-state index in [1.165, 1.54) is 0 Å². The predicted molar refractivity (Wildman–Crippen MR) is 80.8 cm³/mol. The first-order valence-electron chi connectivity index (χ1n) is 6.56. The van der Waals surface area contributed by atoms with Crippen molar-refractivity contribution in [3.63, 3.8) is 0 Å². The van der Waals surface area contributed by atoms with E-state index in [4.69, 9.17) is 5.11 Å². The average molecular weight is 306 g/mol. The van der Waals surface area contributed by atoms with Crippen LogP contribution in [0.4, 0.5) is 0 Å². The number of aryl methyl sites for hydroxylation is 1. The van der Waals surface area contributed by atoms with Crippen molar-refractivity contribution >= 4 is 10.0 Å². The fraction of sp³-hybridized carbons (Fsp3) is 0.267. The molecule has 0 radical (unpaired) electrons. The minimum absolute atomic E-state index is 0.0499. The van der Waals surface area contributed by atoms with E-state index < -0.39 is 10.0 Å². The maximum atomic E-state index is 12.0. The van der Waals surface area contributed by atoms with Crippen LogP contribution in [0.1, 0.15) is 22.4 Å². The molecule has 0 aliphatic carbocycles. The van der Waals surface area contributed by atoms with Crippen molar-refractivity contribution in [1.82, 2.24) is 9.71 Å². The summed E-state index contributed by atoms with van der Waals surface area (Å²) in [6, 6.07) is 10.5. The molecule has 1 aromatic carbocycles. The number of pyridine rings is 1. The molecule has 112 valence electrons. The summed E-state index contributed by atoms with van der Waals surface area (Å²) >= 11 is 0. The fourth-order valence-electron chi connectivity index (χ4n) is 1.81. The van der Waals surface area contributed by atoms with Crippen LogP contribution in [0, 0.1) is 6.92 Å². The number of aliphatic hydroxyl groups excluding tert-OH is 1. The smallest absolute Gasteiger partial charge is 0.216 e. The number of aliphatic hydroxyl groups is 1. The maximum Gasteiger partial charge on any atom is 0.216 e. The Balaban J connectivity index is 1.96. The predicted octanol–water partition coefficient (Wildman–Crippen LogP) is 1.50. The Labute approximate surface area is 124 Å². The molecule has 0 atom stereocenters. The Kier molecular flexibility index (Phi) is 5.06. The zero-order valence-corrected chi connectivity index (χ0v) is 12.6. The van der Waals surface area contributed by atoms with E-state index in [9.17, 15) is 8.42 Å². The molecule has 5 nitrogen and oxygen atoms in total. The molecule has 0 aliphatic rings. The summed E-state index contributed by atoms with van der Waals surface area (Å²) < 4.78 is 26.6. The monoisotopic (exact) mass is 306 g/mol. The Hall–Kier alpha value is -1.76. The van der Waals surface area contributed by atoms with Crippen LogP contribution in [0.5, 0.6) is 0 Å². The topological polar surface area (TPSA) is 79.3 Å². The van der Waals surface area contributed by atoms with Gasteiger partial charge in [-0.3, -0.25) is 4.98 Å². The summed E-state index contributed by atoms with van der Waals surface area (Å²) in [6.07, 6.45) is 1.66. The lowest BCUT2D eigenvalue weighted by molar-refractivity contribution is 0.282. The molecule has 2 N–H and O–H groups in total. The molecular weight excluding hydrogens is 288 g/mol. The summed E-state index contributed by atoms with van der Waals surface area (Å²) in [7, 11) is -3.40. The van der Waals surface area contributed by atoms with Gasteiger partial charge in [-0.15, -0.1) is 0 Å². The first-order chi connectivity index (χ1) is 9.98. The van der Waals surface area contributed by atoms with Crippen molar-refractivity contribution in [3.05, 3.63) is 65.0 Å². The summed E-state index contributed by atoms with van der Waals surface area (Å²) in [6.45, 7) is 2.06. The molecule has 0 bridgehead atoms. The second kappa shape index (κ2) is 6.80. The minimum atomic E-state index is -3.40.